The minimum absolute atomic E-state index is 0.317. The summed E-state index contributed by atoms with van der Waals surface area (Å²) in [6, 6.07) is 9.42. The van der Waals surface area contributed by atoms with Crippen LogP contribution in [-0.2, 0) is 13.8 Å². The van der Waals surface area contributed by atoms with Crippen LogP contribution in [0.5, 0.6) is 5.75 Å². The Morgan fingerprint density at radius 1 is 1.26 bits per heavy atom. The molecule has 1 aliphatic heterocycles. The lowest BCUT2D eigenvalue weighted by Crippen LogP contribution is -2.36. The van der Waals surface area contributed by atoms with E-state index in [-0.39, 0.29) is 6.61 Å². The van der Waals surface area contributed by atoms with Gasteiger partial charge in [-0.2, -0.15) is 0 Å². The zero-order valence-electron chi connectivity index (χ0n) is 13.9. The molecule has 144 valence electrons. The van der Waals surface area contributed by atoms with Crippen LogP contribution in [-0.4, -0.2) is 40.1 Å². The molecule has 9 nitrogen and oxygen atoms in total. The Morgan fingerprint density at radius 2 is 2.00 bits per heavy atom. The number of H-pyrrole nitrogens is 1. The van der Waals surface area contributed by atoms with Gasteiger partial charge in [-0.3, -0.25) is 18.7 Å². The number of nitrogens with one attached hydrogen (secondary N) is 1. The van der Waals surface area contributed by atoms with Crippen molar-refractivity contribution in [3.63, 3.8) is 0 Å². The van der Waals surface area contributed by atoms with Crippen LogP contribution >= 0.6 is 8.25 Å². The third-order valence-electron chi connectivity index (χ3n) is 4.09. The monoisotopic (exact) mass is 399 g/mol. The van der Waals surface area contributed by atoms with E-state index in [0.29, 0.717) is 5.75 Å². The molecule has 0 spiro atoms. The van der Waals surface area contributed by atoms with Gasteiger partial charge in [0.2, 0.25) is 0 Å². The molecule has 1 fully saturated rings. The predicted molar refractivity (Wildman–Crippen MR) is 91.3 cm³/mol. The number of hydrogen-bond acceptors (Lipinski definition) is 7. The minimum Gasteiger partial charge on any atom is -0.388 e. The first kappa shape index (κ1) is 19.4. The number of aliphatic hydroxyl groups excluding tert-OH is 1. The van der Waals surface area contributed by atoms with Crippen LogP contribution in [0.15, 0.2) is 52.2 Å². The fraction of sp³-hybridized carbons (Fsp3) is 0.375. The van der Waals surface area contributed by atoms with Crippen LogP contribution in [0.25, 0.3) is 0 Å². The molecule has 2 aromatic rings. The van der Waals surface area contributed by atoms with Gasteiger partial charge >= 0.3 is 13.9 Å². The van der Waals surface area contributed by atoms with Gasteiger partial charge in [-0.25, -0.2) is 9.32 Å². The lowest BCUT2D eigenvalue weighted by Gasteiger charge is -2.17. The number of nitrogens with zero attached hydrogens (tertiary/aromatic N) is 1. The summed E-state index contributed by atoms with van der Waals surface area (Å²) < 4.78 is 41.9. The fourth-order valence-electron chi connectivity index (χ4n) is 2.73. The summed E-state index contributed by atoms with van der Waals surface area (Å²) in [6.07, 6.45) is -2.39. The van der Waals surface area contributed by atoms with Crippen molar-refractivity contribution in [3.05, 3.63) is 63.4 Å². The van der Waals surface area contributed by atoms with Crippen molar-refractivity contribution in [2.75, 3.05) is 13.3 Å². The van der Waals surface area contributed by atoms with Gasteiger partial charge in [0.05, 0.1) is 12.8 Å². The molecule has 0 aliphatic carbocycles. The highest BCUT2D eigenvalue weighted by Crippen LogP contribution is 2.36. The maximum Gasteiger partial charge on any atom is 0.750 e. The average molecular weight is 399 g/mol. The summed E-state index contributed by atoms with van der Waals surface area (Å²) in [5.74, 6) is -0.667. The maximum atomic E-state index is 13.4. The molecule has 3 rings (SSSR count). The molecule has 0 saturated carbocycles. The standard InChI is InChI=1S/C16H16FN2O7P/c17-8-11-12(9-24-27(23)26-10-4-2-1-3-5-10)25-15(14(11)21)19-7-6-13(20)18-16(19)22/h1-7,11-12,14-15,21H,8-9H2/p+1/t11-,12-,14-,15-/m1/s1. The second-order valence-electron chi connectivity index (χ2n) is 5.81. The molecule has 0 amide bonds. The number of aromatic amines is 1. The highest BCUT2D eigenvalue weighted by atomic mass is 31.1. The number of halogens is 1. The zero-order valence-corrected chi connectivity index (χ0v) is 14.8. The molecule has 11 heteroatoms. The molecule has 2 N–H and O–H groups in total. The van der Waals surface area contributed by atoms with Crippen molar-refractivity contribution in [1.29, 1.82) is 0 Å². The van der Waals surface area contributed by atoms with E-state index in [1.54, 1.807) is 30.3 Å². The lowest BCUT2D eigenvalue weighted by atomic mass is 10.00. The number of aliphatic hydroxyl groups is 1. The Kier molecular flexibility index (Phi) is 6.12. The number of hydrogen-bond donors (Lipinski definition) is 2. The Bertz CT molecular complexity index is 903. The van der Waals surface area contributed by atoms with Gasteiger partial charge in [-0.05, 0) is 12.1 Å². The van der Waals surface area contributed by atoms with Gasteiger partial charge in [0.15, 0.2) is 12.0 Å². The van der Waals surface area contributed by atoms with E-state index in [1.165, 1.54) is 0 Å². The smallest absolute Gasteiger partial charge is 0.388 e. The third kappa shape index (κ3) is 4.48. The Balaban J connectivity index is 1.66. The van der Waals surface area contributed by atoms with Gasteiger partial charge in [-0.1, -0.05) is 18.2 Å². The second kappa shape index (κ2) is 8.53. The first-order valence-corrected chi connectivity index (χ1v) is 9.13. The molecule has 1 unspecified atom stereocenters. The molecule has 1 aromatic heterocycles. The number of benzene rings is 1. The zero-order chi connectivity index (χ0) is 19.4. The van der Waals surface area contributed by atoms with Crippen LogP contribution in [0, 0.1) is 5.92 Å². The first-order valence-electron chi connectivity index (χ1n) is 8.03. The van der Waals surface area contributed by atoms with Crippen LogP contribution in [0.4, 0.5) is 4.39 Å². The van der Waals surface area contributed by atoms with Crippen LogP contribution in [0.3, 0.4) is 0 Å². The van der Waals surface area contributed by atoms with E-state index in [2.05, 4.69) is 0 Å². The fourth-order valence-corrected chi connectivity index (χ4v) is 3.35. The van der Waals surface area contributed by atoms with E-state index in [4.69, 9.17) is 13.8 Å². The largest absolute Gasteiger partial charge is 0.750 e. The number of para-hydroxylation sites is 1. The lowest BCUT2D eigenvalue weighted by molar-refractivity contribution is -0.0507. The second-order valence-corrected chi connectivity index (χ2v) is 6.70. The molecule has 5 atom stereocenters. The minimum atomic E-state index is -2.54. The van der Waals surface area contributed by atoms with Gasteiger partial charge < -0.3 is 9.84 Å². The molecule has 1 aromatic carbocycles. The average Bonchev–Trinajstić information content (AvgIpc) is 2.96. The van der Waals surface area contributed by atoms with Crippen molar-refractivity contribution in [1.82, 2.24) is 9.55 Å². The van der Waals surface area contributed by atoms with Crippen molar-refractivity contribution < 1.29 is 27.8 Å². The summed E-state index contributed by atoms with van der Waals surface area (Å²) in [5.41, 5.74) is -1.41. The molecule has 0 radical (unpaired) electrons. The van der Waals surface area contributed by atoms with Gasteiger partial charge in [0, 0.05) is 22.7 Å². The Hall–Kier alpha value is -2.39. The predicted octanol–water partition coefficient (Wildman–Crippen LogP) is 1.13. The summed E-state index contributed by atoms with van der Waals surface area (Å²) in [4.78, 5) is 25.1. The van der Waals surface area contributed by atoms with Crippen molar-refractivity contribution in [3.8, 4) is 5.75 Å². The number of rotatable bonds is 7. The van der Waals surface area contributed by atoms with Gasteiger partial charge in [0.25, 0.3) is 5.56 Å². The van der Waals surface area contributed by atoms with Gasteiger partial charge in [-0.15, -0.1) is 4.52 Å². The summed E-state index contributed by atoms with van der Waals surface area (Å²) in [5, 5.41) is 10.3. The third-order valence-corrected chi connectivity index (χ3v) is 4.81. The number of alkyl halides is 1. The summed E-state index contributed by atoms with van der Waals surface area (Å²) >= 11 is 0. The van der Waals surface area contributed by atoms with Gasteiger partial charge in [0.1, 0.15) is 12.7 Å². The molecule has 0 bridgehead atoms. The quantitative estimate of drug-likeness (QED) is 0.670. The molecular weight excluding hydrogens is 382 g/mol. The maximum absolute atomic E-state index is 13.4. The molecule has 27 heavy (non-hydrogen) atoms. The normalized spacial score (nSPS) is 25.3. The SMILES string of the molecule is O=c1ccn([C@@H]2O[C@H](CO[P+](=O)Oc3ccccc3)[C@@H](CF)[C@H]2O)c(=O)[nH]1. The van der Waals surface area contributed by atoms with Crippen molar-refractivity contribution in [2.45, 2.75) is 18.4 Å². The van der Waals surface area contributed by atoms with Crippen LogP contribution in [0.2, 0.25) is 0 Å². The molecule has 1 saturated heterocycles. The van der Waals surface area contributed by atoms with E-state index in [0.717, 1.165) is 16.8 Å². The number of ether oxygens (including phenoxy) is 1. The Morgan fingerprint density at radius 3 is 2.67 bits per heavy atom. The summed E-state index contributed by atoms with van der Waals surface area (Å²) in [7, 11) is -2.54. The van der Waals surface area contributed by atoms with Crippen LogP contribution in [0.1, 0.15) is 6.23 Å². The van der Waals surface area contributed by atoms with E-state index >= 15 is 0 Å². The first-order chi connectivity index (χ1) is 13.0. The van der Waals surface area contributed by atoms with Crippen LogP contribution < -0.4 is 15.8 Å². The van der Waals surface area contributed by atoms with Crippen molar-refractivity contribution in [2.24, 2.45) is 5.92 Å². The molecule has 1 aliphatic rings. The number of aromatic nitrogens is 2. The van der Waals surface area contributed by atoms with Crippen molar-refractivity contribution >= 4 is 8.25 Å². The van der Waals surface area contributed by atoms with E-state index in [9.17, 15) is 23.7 Å². The topological polar surface area (TPSA) is 120 Å². The highest BCUT2D eigenvalue weighted by Gasteiger charge is 2.46. The highest BCUT2D eigenvalue weighted by molar-refractivity contribution is 7.33. The van der Waals surface area contributed by atoms with E-state index < -0.39 is 50.5 Å². The molecular formula is C16H17FN2O7P+. The Labute approximate surface area is 153 Å². The summed E-state index contributed by atoms with van der Waals surface area (Å²) in [6.45, 7) is -1.26. The molecule has 2 heterocycles. The van der Waals surface area contributed by atoms with E-state index in [1.807, 2.05) is 4.98 Å².